The maximum absolute atomic E-state index is 11.8. The molecule has 0 amide bonds. The Morgan fingerprint density at radius 2 is 1.89 bits per heavy atom. The Kier molecular flexibility index (Phi) is 5.26. The van der Waals surface area contributed by atoms with E-state index in [0.29, 0.717) is 6.04 Å². The third-order valence-electron chi connectivity index (χ3n) is 4.81. The predicted octanol–water partition coefficient (Wildman–Crippen LogP) is 1.58. The van der Waals surface area contributed by atoms with Crippen LogP contribution in [0.4, 0.5) is 0 Å². The second-order valence-electron chi connectivity index (χ2n) is 6.20. The van der Waals surface area contributed by atoms with E-state index in [1.54, 1.807) is 0 Å². The molecule has 4 nitrogen and oxygen atoms in total. The van der Waals surface area contributed by atoms with Crippen LogP contribution in [0.25, 0.3) is 0 Å². The fourth-order valence-corrected chi connectivity index (χ4v) is 4.85. The average Bonchev–Trinajstić information content (AvgIpc) is 2.62. The number of aliphatic hydroxyl groups excluding tert-OH is 1. The molecule has 0 bridgehead atoms. The lowest BCUT2D eigenvalue weighted by molar-refractivity contribution is 0.0676. The molecule has 0 aromatic rings. The molecule has 2 fully saturated rings. The van der Waals surface area contributed by atoms with Crippen molar-refractivity contribution in [3.63, 3.8) is 0 Å². The molecular weight excluding hydrogens is 262 g/mol. The molecule has 1 heterocycles. The Morgan fingerprint density at radius 3 is 2.58 bits per heavy atom. The van der Waals surface area contributed by atoms with E-state index in [9.17, 15) is 13.5 Å². The molecule has 112 valence electrons. The van der Waals surface area contributed by atoms with E-state index in [4.69, 9.17) is 0 Å². The van der Waals surface area contributed by atoms with Gasteiger partial charge in [-0.15, -0.1) is 0 Å². The third-order valence-corrected chi connectivity index (χ3v) is 6.45. The smallest absolute Gasteiger partial charge is 0.150 e. The number of hydrogen-bond acceptors (Lipinski definition) is 4. The lowest BCUT2D eigenvalue weighted by Crippen LogP contribution is -2.48. The lowest BCUT2D eigenvalue weighted by Gasteiger charge is -2.40. The minimum Gasteiger partial charge on any atom is -0.395 e. The fraction of sp³-hybridized carbons (Fsp3) is 1.00. The zero-order valence-electron chi connectivity index (χ0n) is 11.9. The van der Waals surface area contributed by atoms with Crippen molar-refractivity contribution in [1.29, 1.82) is 0 Å². The summed E-state index contributed by atoms with van der Waals surface area (Å²) in [5.74, 6) is 0. The van der Waals surface area contributed by atoms with Gasteiger partial charge < -0.3 is 5.11 Å². The van der Waals surface area contributed by atoms with Gasteiger partial charge in [-0.05, 0) is 38.6 Å². The second-order valence-corrected chi connectivity index (χ2v) is 8.52. The molecule has 3 unspecified atom stereocenters. The van der Waals surface area contributed by atoms with Crippen molar-refractivity contribution in [2.24, 2.45) is 0 Å². The van der Waals surface area contributed by atoms with Crippen molar-refractivity contribution in [2.75, 3.05) is 19.4 Å². The van der Waals surface area contributed by atoms with Crippen molar-refractivity contribution in [3.05, 3.63) is 0 Å². The summed E-state index contributed by atoms with van der Waals surface area (Å²) in [6.07, 6.45) is 9.67. The molecule has 0 radical (unpaired) electrons. The van der Waals surface area contributed by atoms with Crippen molar-refractivity contribution in [1.82, 2.24) is 4.90 Å². The van der Waals surface area contributed by atoms with Gasteiger partial charge in [-0.25, -0.2) is 8.42 Å². The summed E-state index contributed by atoms with van der Waals surface area (Å²) in [6, 6.07) is 0.592. The topological polar surface area (TPSA) is 57.6 Å². The quantitative estimate of drug-likeness (QED) is 0.857. The molecule has 1 saturated carbocycles. The van der Waals surface area contributed by atoms with Crippen LogP contribution in [0, 0.1) is 0 Å². The Hall–Kier alpha value is -0.130. The third kappa shape index (κ3) is 3.92. The normalized spacial score (nSPS) is 34.9. The van der Waals surface area contributed by atoms with Gasteiger partial charge in [-0.2, -0.15) is 0 Å². The standard InChI is InChI=1S/C14H27NO3S/c1-19(17,18)14-8-5-7-12(10-14)15-9-4-2-3-6-13(15)11-16/h12-14,16H,2-11H2,1H3. The number of hydrogen-bond donors (Lipinski definition) is 1. The molecule has 2 rings (SSSR count). The van der Waals surface area contributed by atoms with Gasteiger partial charge in [0.2, 0.25) is 0 Å². The predicted molar refractivity (Wildman–Crippen MR) is 76.9 cm³/mol. The number of likely N-dealkylation sites (tertiary alicyclic amines) is 1. The largest absolute Gasteiger partial charge is 0.395 e. The highest BCUT2D eigenvalue weighted by Crippen LogP contribution is 2.30. The van der Waals surface area contributed by atoms with E-state index in [1.165, 1.54) is 25.5 Å². The molecule has 2 aliphatic rings. The van der Waals surface area contributed by atoms with E-state index >= 15 is 0 Å². The molecule has 0 aromatic carbocycles. The Labute approximate surface area is 117 Å². The maximum atomic E-state index is 11.8. The van der Waals surface area contributed by atoms with Crippen LogP contribution in [0.2, 0.25) is 0 Å². The van der Waals surface area contributed by atoms with Gasteiger partial charge in [0.1, 0.15) is 9.84 Å². The highest BCUT2D eigenvalue weighted by molar-refractivity contribution is 7.91. The molecule has 0 spiro atoms. The molecule has 3 atom stereocenters. The van der Waals surface area contributed by atoms with Gasteiger partial charge in [0.25, 0.3) is 0 Å². The molecule has 1 aliphatic carbocycles. The van der Waals surface area contributed by atoms with Crippen LogP contribution in [-0.4, -0.2) is 55.2 Å². The van der Waals surface area contributed by atoms with Crippen LogP contribution in [0.1, 0.15) is 51.4 Å². The summed E-state index contributed by atoms with van der Waals surface area (Å²) in [7, 11) is -2.92. The monoisotopic (exact) mass is 289 g/mol. The second kappa shape index (κ2) is 6.55. The van der Waals surface area contributed by atoms with Crippen molar-refractivity contribution >= 4 is 9.84 Å². The number of rotatable bonds is 3. The zero-order valence-corrected chi connectivity index (χ0v) is 12.7. The van der Waals surface area contributed by atoms with Crippen LogP contribution >= 0.6 is 0 Å². The number of nitrogens with zero attached hydrogens (tertiary/aromatic N) is 1. The number of sulfone groups is 1. The van der Waals surface area contributed by atoms with Crippen LogP contribution in [-0.2, 0) is 9.84 Å². The van der Waals surface area contributed by atoms with Crippen molar-refractivity contribution in [2.45, 2.75) is 68.7 Å². The van der Waals surface area contributed by atoms with E-state index in [-0.39, 0.29) is 17.9 Å². The summed E-state index contributed by atoms with van der Waals surface area (Å²) in [5, 5.41) is 9.41. The highest BCUT2D eigenvalue weighted by Gasteiger charge is 2.34. The number of aliphatic hydroxyl groups is 1. The van der Waals surface area contributed by atoms with E-state index in [2.05, 4.69) is 4.90 Å². The molecule has 19 heavy (non-hydrogen) atoms. The molecule has 1 aliphatic heterocycles. The van der Waals surface area contributed by atoms with Gasteiger partial charge in [0, 0.05) is 18.3 Å². The van der Waals surface area contributed by atoms with Crippen LogP contribution in [0.5, 0.6) is 0 Å². The summed E-state index contributed by atoms with van der Waals surface area (Å²) < 4.78 is 23.5. The van der Waals surface area contributed by atoms with Gasteiger partial charge >= 0.3 is 0 Å². The highest BCUT2D eigenvalue weighted by atomic mass is 32.2. The minimum absolute atomic E-state index is 0.172. The van der Waals surface area contributed by atoms with Gasteiger partial charge in [-0.3, -0.25) is 4.90 Å². The Bertz CT molecular complexity index is 382. The average molecular weight is 289 g/mol. The summed E-state index contributed by atoms with van der Waals surface area (Å²) in [6.45, 7) is 1.23. The van der Waals surface area contributed by atoms with Crippen molar-refractivity contribution < 1.29 is 13.5 Å². The molecule has 1 N–H and O–H groups in total. The molecular formula is C14H27NO3S. The van der Waals surface area contributed by atoms with Gasteiger partial charge in [0.05, 0.1) is 11.9 Å². The van der Waals surface area contributed by atoms with E-state index in [1.807, 2.05) is 0 Å². The SMILES string of the molecule is CS(=O)(=O)C1CCCC(N2CCCCCC2CO)C1. The first-order chi connectivity index (χ1) is 9.02. The Balaban J connectivity index is 2.06. The van der Waals surface area contributed by atoms with Crippen molar-refractivity contribution in [3.8, 4) is 0 Å². The van der Waals surface area contributed by atoms with E-state index < -0.39 is 9.84 Å². The first-order valence-electron chi connectivity index (χ1n) is 7.58. The summed E-state index contributed by atoms with van der Waals surface area (Å²) in [4.78, 5) is 2.41. The van der Waals surface area contributed by atoms with Crippen LogP contribution < -0.4 is 0 Å². The lowest BCUT2D eigenvalue weighted by atomic mass is 9.92. The first kappa shape index (κ1) is 15.3. The molecule has 1 saturated heterocycles. The van der Waals surface area contributed by atoms with Gasteiger partial charge in [0.15, 0.2) is 0 Å². The molecule has 5 heteroatoms. The zero-order chi connectivity index (χ0) is 13.9. The Morgan fingerprint density at radius 1 is 1.11 bits per heavy atom. The van der Waals surface area contributed by atoms with Gasteiger partial charge in [-0.1, -0.05) is 19.3 Å². The van der Waals surface area contributed by atoms with Crippen LogP contribution in [0.15, 0.2) is 0 Å². The summed E-state index contributed by atoms with van der Waals surface area (Å²) in [5.41, 5.74) is 0. The van der Waals surface area contributed by atoms with E-state index in [0.717, 1.165) is 38.6 Å². The molecule has 0 aromatic heterocycles. The fourth-order valence-electron chi connectivity index (χ4n) is 3.69. The van der Waals surface area contributed by atoms with Crippen LogP contribution in [0.3, 0.4) is 0 Å². The summed E-state index contributed by atoms with van der Waals surface area (Å²) >= 11 is 0. The maximum Gasteiger partial charge on any atom is 0.150 e. The first-order valence-corrected chi connectivity index (χ1v) is 9.53. The minimum atomic E-state index is -2.92.